The number of halogens is 1. The molecule has 1 saturated heterocycles. The van der Waals surface area contributed by atoms with Crippen LogP contribution in [0.4, 0.5) is 4.39 Å². The number of ether oxygens (including phenoxy) is 1. The van der Waals surface area contributed by atoms with Crippen molar-refractivity contribution in [1.82, 2.24) is 25.1 Å². The van der Waals surface area contributed by atoms with Crippen LogP contribution in [-0.4, -0.2) is 44.2 Å². The van der Waals surface area contributed by atoms with Gasteiger partial charge >= 0.3 is 0 Å². The summed E-state index contributed by atoms with van der Waals surface area (Å²) < 4.78 is 20.2. The highest BCUT2D eigenvalue weighted by atomic mass is 19.1. The van der Waals surface area contributed by atoms with Gasteiger partial charge in [-0.15, -0.1) is 0 Å². The largest absolute Gasteiger partial charge is 0.381 e. The smallest absolute Gasteiger partial charge is 0.272 e. The number of carbonyl (C=O) groups excluding carboxylic acids is 1. The van der Waals surface area contributed by atoms with Gasteiger partial charge in [0.2, 0.25) is 0 Å². The highest BCUT2D eigenvalue weighted by Crippen LogP contribution is 2.28. The van der Waals surface area contributed by atoms with Crippen LogP contribution >= 0.6 is 0 Å². The molecule has 1 N–H and O–H groups in total. The van der Waals surface area contributed by atoms with E-state index in [0.717, 1.165) is 34.5 Å². The SMILES string of the molecule is O=C(c1cc(Cc2n[nH]c(=O)c3ccccc23)ccc1F)N1Cc2cnc(C3CCOC3)nc2C1. The number of aromatic amines is 1. The number of nitrogens with one attached hydrogen (secondary N) is 1. The molecule has 6 rings (SSSR count). The number of benzene rings is 2. The summed E-state index contributed by atoms with van der Waals surface area (Å²) in [6, 6.07) is 11.7. The molecule has 1 amide bonds. The average molecular weight is 471 g/mol. The first-order chi connectivity index (χ1) is 17.1. The Morgan fingerprint density at radius 1 is 1.17 bits per heavy atom. The number of carbonyl (C=O) groups is 1. The topological polar surface area (TPSA) is 101 Å². The minimum Gasteiger partial charge on any atom is -0.381 e. The quantitative estimate of drug-likeness (QED) is 0.491. The number of amides is 1. The Labute approximate surface area is 199 Å². The average Bonchev–Trinajstić information content (AvgIpc) is 3.56. The molecule has 4 heterocycles. The van der Waals surface area contributed by atoms with E-state index in [0.29, 0.717) is 43.8 Å². The van der Waals surface area contributed by atoms with E-state index in [4.69, 9.17) is 4.74 Å². The lowest BCUT2D eigenvalue weighted by molar-refractivity contribution is 0.0745. The molecule has 1 fully saturated rings. The van der Waals surface area contributed by atoms with Gasteiger partial charge in [-0.3, -0.25) is 9.59 Å². The van der Waals surface area contributed by atoms with Crippen molar-refractivity contribution in [3.8, 4) is 0 Å². The van der Waals surface area contributed by atoms with Crippen LogP contribution in [0.15, 0.2) is 53.5 Å². The molecule has 0 bridgehead atoms. The molecule has 176 valence electrons. The van der Waals surface area contributed by atoms with E-state index in [2.05, 4.69) is 20.2 Å². The molecule has 35 heavy (non-hydrogen) atoms. The third-order valence-electron chi connectivity index (χ3n) is 6.66. The maximum atomic E-state index is 14.8. The molecule has 0 spiro atoms. The van der Waals surface area contributed by atoms with Crippen molar-refractivity contribution in [3.05, 3.63) is 98.7 Å². The van der Waals surface area contributed by atoms with Crippen LogP contribution in [0, 0.1) is 5.82 Å². The third-order valence-corrected chi connectivity index (χ3v) is 6.66. The first-order valence-electron chi connectivity index (χ1n) is 11.5. The van der Waals surface area contributed by atoms with E-state index < -0.39 is 11.7 Å². The van der Waals surface area contributed by atoms with Crippen LogP contribution in [0.1, 0.15) is 51.0 Å². The van der Waals surface area contributed by atoms with Crippen molar-refractivity contribution in [2.75, 3.05) is 13.2 Å². The molecule has 2 aliphatic rings. The van der Waals surface area contributed by atoms with Crippen molar-refractivity contribution < 1.29 is 13.9 Å². The first-order valence-corrected chi connectivity index (χ1v) is 11.5. The molecule has 2 aromatic heterocycles. The van der Waals surface area contributed by atoms with Gasteiger partial charge in [-0.1, -0.05) is 24.3 Å². The standard InChI is InChI=1S/C26H22FN5O3/c27-21-6-5-15(10-22-18-3-1-2-4-19(18)25(33)31-30-22)9-20(21)26(34)32-12-17-11-28-24(29-23(17)13-32)16-7-8-35-14-16/h1-6,9,11,16H,7-8,10,12-14H2,(H,31,33). The molecular weight excluding hydrogens is 449 g/mol. The summed E-state index contributed by atoms with van der Waals surface area (Å²) in [5, 5.41) is 7.97. The second kappa shape index (κ2) is 8.66. The third kappa shape index (κ3) is 3.97. The second-order valence-electron chi connectivity index (χ2n) is 8.96. The van der Waals surface area contributed by atoms with Gasteiger partial charge in [0.05, 0.1) is 35.5 Å². The number of hydrogen-bond donors (Lipinski definition) is 1. The van der Waals surface area contributed by atoms with Crippen molar-refractivity contribution in [2.24, 2.45) is 0 Å². The summed E-state index contributed by atoms with van der Waals surface area (Å²) >= 11 is 0. The number of nitrogens with zero attached hydrogens (tertiary/aromatic N) is 4. The van der Waals surface area contributed by atoms with Crippen LogP contribution in [0.3, 0.4) is 0 Å². The summed E-state index contributed by atoms with van der Waals surface area (Å²) in [4.78, 5) is 36.1. The Hall–Kier alpha value is -3.98. The van der Waals surface area contributed by atoms with Gasteiger partial charge in [-0.05, 0) is 30.2 Å². The summed E-state index contributed by atoms with van der Waals surface area (Å²) in [6.07, 6.45) is 3.00. The Kier molecular flexibility index (Phi) is 5.33. The fourth-order valence-corrected chi connectivity index (χ4v) is 4.76. The molecule has 2 aromatic carbocycles. The first kappa shape index (κ1) is 21.5. The van der Waals surface area contributed by atoms with Gasteiger partial charge in [0.15, 0.2) is 0 Å². The van der Waals surface area contributed by atoms with Gasteiger partial charge in [0, 0.05) is 42.6 Å². The lowest BCUT2D eigenvalue weighted by Crippen LogP contribution is -2.26. The maximum Gasteiger partial charge on any atom is 0.272 e. The van der Waals surface area contributed by atoms with Gasteiger partial charge < -0.3 is 9.64 Å². The minimum absolute atomic E-state index is 0.00131. The molecular formula is C26H22FN5O3. The van der Waals surface area contributed by atoms with E-state index in [-0.39, 0.29) is 17.0 Å². The van der Waals surface area contributed by atoms with Crippen molar-refractivity contribution >= 4 is 16.7 Å². The van der Waals surface area contributed by atoms with E-state index >= 15 is 0 Å². The summed E-state index contributed by atoms with van der Waals surface area (Å²) in [5.41, 5.74) is 2.79. The number of rotatable bonds is 4. The number of aromatic nitrogens is 4. The van der Waals surface area contributed by atoms with Crippen LogP contribution in [0.5, 0.6) is 0 Å². The molecule has 1 atom stereocenters. The van der Waals surface area contributed by atoms with Crippen LogP contribution in [-0.2, 0) is 24.2 Å². The van der Waals surface area contributed by atoms with Crippen molar-refractivity contribution in [1.29, 1.82) is 0 Å². The van der Waals surface area contributed by atoms with Crippen LogP contribution in [0.2, 0.25) is 0 Å². The van der Waals surface area contributed by atoms with Gasteiger partial charge in [-0.2, -0.15) is 5.10 Å². The molecule has 2 aliphatic heterocycles. The normalized spacial score (nSPS) is 17.2. The van der Waals surface area contributed by atoms with Crippen LogP contribution < -0.4 is 5.56 Å². The Bertz CT molecular complexity index is 1510. The summed E-state index contributed by atoms with van der Waals surface area (Å²) in [6.45, 7) is 1.97. The highest BCUT2D eigenvalue weighted by molar-refractivity contribution is 5.95. The van der Waals surface area contributed by atoms with Gasteiger partial charge in [0.25, 0.3) is 11.5 Å². The molecule has 4 aromatic rings. The summed E-state index contributed by atoms with van der Waals surface area (Å²) in [7, 11) is 0. The molecule has 0 aliphatic carbocycles. The number of fused-ring (bicyclic) bond motifs is 2. The zero-order chi connectivity index (χ0) is 23.9. The monoisotopic (exact) mass is 471 g/mol. The fraction of sp³-hybridized carbons (Fsp3) is 0.269. The number of hydrogen-bond acceptors (Lipinski definition) is 6. The molecule has 0 saturated carbocycles. The molecule has 0 radical (unpaired) electrons. The van der Waals surface area contributed by atoms with Gasteiger partial charge in [0.1, 0.15) is 11.6 Å². The zero-order valence-corrected chi connectivity index (χ0v) is 18.8. The van der Waals surface area contributed by atoms with Crippen molar-refractivity contribution in [2.45, 2.75) is 31.8 Å². The second-order valence-corrected chi connectivity index (χ2v) is 8.96. The maximum absolute atomic E-state index is 14.8. The fourth-order valence-electron chi connectivity index (χ4n) is 4.76. The van der Waals surface area contributed by atoms with Crippen molar-refractivity contribution in [3.63, 3.8) is 0 Å². The molecule has 1 unspecified atom stereocenters. The van der Waals surface area contributed by atoms with E-state index in [1.54, 1.807) is 35.4 Å². The molecule has 8 nitrogen and oxygen atoms in total. The summed E-state index contributed by atoms with van der Waals surface area (Å²) in [5.74, 6) is -0.0580. The lowest BCUT2D eigenvalue weighted by atomic mass is 10.0. The highest BCUT2D eigenvalue weighted by Gasteiger charge is 2.29. The van der Waals surface area contributed by atoms with E-state index in [1.165, 1.54) is 6.07 Å². The van der Waals surface area contributed by atoms with E-state index in [1.807, 2.05) is 12.1 Å². The Balaban J connectivity index is 1.25. The Morgan fingerprint density at radius 2 is 2.03 bits per heavy atom. The number of H-pyrrole nitrogens is 1. The lowest BCUT2D eigenvalue weighted by Gasteiger charge is -2.16. The zero-order valence-electron chi connectivity index (χ0n) is 18.8. The van der Waals surface area contributed by atoms with E-state index in [9.17, 15) is 14.0 Å². The predicted octanol–water partition coefficient (Wildman–Crippen LogP) is 3.10. The van der Waals surface area contributed by atoms with Gasteiger partial charge in [-0.25, -0.2) is 19.5 Å². The molecule has 9 heteroatoms. The predicted molar refractivity (Wildman–Crippen MR) is 125 cm³/mol. The minimum atomic E-state index is -0.580. The Morgan fingerprint density at radius 3 is 2.86 bits per heavy atom. The van der Waals surface area contributed by atoms with Crippen LogP contribution in [0.25, 0.3) is 10.8 Å².